The molecule has 15 heavy (non-hydrogen) atoms. The third-order valence-electron chi connectivity index (χ3n) is 1.87. The van der Waals surface area contributed by atoms with Crippen LogP contribution in [0.5, 0.6) is 0 Å². The molecule has 0 spiro atoms. The summed E-state index contributed by atoms with van der Waals surface area (Å²) in [5.41, 5.74) is 0. The van der Waals surface area contributed by atoms with E-state index in [9.17, 15) is 9.46 Å². The molecule has 7 heteroatoms. The Kier molecular flexibility index (Phi) is 8.71. The quantitative estimate of drug-likeness (QED) is 0.425. The van der Waals surface area contributed by atoms with E-state index in [0.29, 0.717) is 31.9 Å². The highest BCUT2D eigenvalue weighted by molar-refractivity contribution is 7.53. The second-order valence-electron chi connectivity index (χ2n) is 3.17. The van der Waals surface area contributed by atoms with Crippen molar-refractivity contribution < 1.29 is 14.6 Å². The van der Waals surface area contributed by atoms with Gasteiger partial charge >= 0.3 is 7.67 Å². The maximum atomic E-state index is 11.8. The molecule has 1 atom stereocenters. The summed E-state index contributed by atoms with van der Waals surface area (Å²) in [5, 5.41) is 11.3. The van der Waals surface area contributed by atoms with Crippen LogP contribution in [0.3, 0.4) is 0 Å². The van der Waals surface area contributed by atoms with E-state index in [1.54, 1.807) is 0 Å². The van der Waals surface area contributed by atoms with Crippen molar-refractivity contribution in [1.29, 1.82) is 0 Å². The number of hydrogen-bond acceptors (Lipinski definition) is 2. The van der Waals surface area contributed by atoms with Crippen molar-refractivity contribution in [3.05, 3.63) is 0 Å². The topological polar surface area (TPSA) is 72.8 Å². The molecule has 0 rings (SSSR count). The molecular weight excluding hydrogens is 239 g/mol. The van der Waals surface area contributed by atoms with Gasteiger partial charge in [-0.1, -0.05) is 6.92 Å². The van der Waals surface area contributed by atoms with Gasteiger partial charge in [-0.15, -0.1) is 11.6 Å². The predicted octanol–water partition coefficient (Wildman–Crippen LogP) is 1.01. The Hall–Kier alpha value is 0.360. The summed E-state index contributed by atoms with van der Waals surface area (Å²) >= 11 is 5.55. The van der Waals surface area contributed by atoms with Crippen LogP contribution in [0.25, 0.3) is 0 Å². The first-order valence-corrected chi connectivity index (χ1v) is 7.23. The number of halogens is 1. The number of aliphatic hydroxyl groups excluding tert-OH is 1. The van der Waals surface area contributed by atoms with E-state index in [1.807, 2.05) is 6.92 Å². The second-order valence-corrected chi connectivity index (χ2v) is 5.52. The summed E-state index contributed by atoms with van der Waals surface area (Å²) < 4.78 is 13.2. The highest BCUT2D eigenvalue weighted by Crippen LogP contribution is 2.40. The van der Waals surface area contributed by atoms with Gasteiger partial charge in [0.2, 0.25) is 0 Å². The lowest BCUT2D eigenvalue weighted by Gasteiger charge is -2.26. The van der Waals surface area contributed by atoms with Gasteiger partial charge in [-0.3, -0.25) is 4.57 Å². The summed E-state index contributed by atoms with van der Waals surface area (Å²) in [6, 6.07) is 0. The first-order chi connectivity index (χ1) is 7.08. The number of nitrogens with zero attached hydrogens (tertiary/aromatic N) is 1. The Labute approximate surface area is 96.0 Å². The van der Waals surface area contributed by atoms with Gasteiger partial charge in [0.05, 0.1) is 0 Å². The molecule has 0 saturated heterocycles. The van der Waals surface area contributed by atoms with Crippen LogP contribution in [0.2, 0.25) is 0 Å². The van der Waals surface area contributed by atoms with Crippen LogP contribution < -0.4 is 5.09 Å². The summed E-state index contributed by atoms with van der Waals surface area (Å²) in [7, 11) is -3.48. The molecule has 0 heterocycles. The average molecular weight is 259 g/mol. The zero-order chi connectivity index (χ0) is 11.7. The summed E-state index contributed by atoms with van der Waals surface area (Å²) in [5.74, 6) is 0.295. The Bertz CT molecular complexity index is 206. The van der Waals surface area contributed by atoms with Crippen molar-refractivity contribution in [2.75, 3.05) is 32.1 Å². The molecular formula is C8H20ClN2O3P. The van der Waals surface area contributed by atoms with Crippen LogP contribution in [-0.4, -0.2) is 46.8 Å². The summed E-state index contributed by atoms with van der Waals surface area (Å²) in [6.07, 6.45) is 1.26. The molecule has 0 aliphatic rings. The SMILES string of the molecule is CCCNP(=O)(O)N(CCCl)CCCO. The molecule has 1 unspecified atom stereocenters. The fourth-order valence-corrected chi connectivity index (χ4v) is 2.91. The Morgan fingerprint density at radius 1 is 1.47 bits per heavy atom. The summed E-state index contributed by atoms with van der Waals surface area (Å²) in [6.45, 7) is 3.13. The molecule has 92 valence electrons. The van der Waals surface area contributed by atoms with Gasteiger partial charge in [-0.2, -0.15) is 0 Å². The molecule has 0 aromatic heterocycles. The first kappa shape index (κ1) is 15.4. The second kappa shape index (κ2) is 8.50. The molecule has 3 N–H and O–H groups in total. The monoisotopic (exact) mass is 258 g/mol. The van der Waals surface area contributed by atoms with Crippen molar-refractivity contribution in [1.82, 2.24) is 9.76 Å². The Morgan fingerprint density at radius 3 is 2.60 bits per heavy atom. The fraction of sp³-hybridized carbons (Fsp3) is 1.00. The van der Waals surface area contributed by atoms with Crippen molar-refractivity contribution in [3.8, 4) is 0 Å². The molecule has 0 aliphatic carbocycles. The zero-order valence-electron chi connectivity index (χ0n) is 9.02. The van der Waals surface area contributed by atoms with Crippen LogP contribution in [0.15, 0.2) is 0 Å². The van der Waals surface area contributed by atoms with Gasteiger partial charge in [0, 0.05) is 32.1 Å². The van der Waals surface area contributed by atoms with Crippen molar-refractivity contribution >= 4 is 19.3 Å². The van der Waals surface area contributed by atoms with Crippen LogP contribution in [-0.2, 0) is 4.57 Å². The lowest BCUT2D eigenvalue weighted by molar-refractivity contribution is 0.261. The fourth-order valence-electron chi connectivity index (χ4n) is 1.09. The molecule has 0 fully saturated rings. The number of hydrogen-bond donors (Lipinski definition) is 3. The van der Waals surface area contributed by atoms with Crippen LogP contribution in [0.1, 0.15) is 19.8 Å². The van der Waals surface area contributed by atoms with E-state index in [1.165, 1.54) is 4.67 Å². The lowest BCUT2D eigenvalue weighted by Crippen LogP contribution is -2.31. The number of rotatable bonds is 9. The lowest BCUT2D eigenvalue weighted by atomic mass is 10.4. The standard InChI is InChI=1S/C8H20ClN2O3P/c1-2-5-10-15(13,14)11(7-4-9)6-3-8-12/h12H,2-8H2,1H3,(H2,10,13,14). The van der Waals surface area contributed by atoms with Gasteiger partial charge < -0.3 is 10.00 Å². The molecule has 0 aromatic carbocycles. The molecule has 5 nitrogen and oxygen atoms in total. The third-order valence-corrected chi connectivity index (χ3v) is 3.84. The highest BCUT2D eigenvalue weighted by Gasteiger charge is 2.26. The molecule has 0 aliphatic heterocycles. The highest BCUT2D eigenvalue weighted by atomic mass is 35.5. The minimum absolute atomic E-state index is 0.00651. The molecule has 0 radical (unpaired) electrons. The molecule has 0 saturated carbocycles. The average Bonchev–Trinajstić information content (AvgIpc) is 2.21. The van der Waals surface area contributed by atoms with Gasteiger partial charge in [-0.05, 0) is 12.8 Å². The van der Waals surface area contributed by atoms with E-state index in [4.69, 9.17) is 16.7 Å². The van der Waals surface area contributed by atoms with E-state index >= 15 is 0 Å². The number of nitrogens with one attached hydrogen (secondary N) is 1. The first-order valence-electron chi connectivity index (χ1n) is 5.08. The Morgan fingerprint density at radius 2 is 2.13 bits per heavy atom. The predicted molar refractivity (Wildman–Crippen MR) is 62.1 cm³/mol. The van der Waals surface area contributed by atoms with Crippen LogP contribution in [0.4, 0.5) is 0 Å². The van der Waals surface area contributed by atoms with Gasteiger partial charge in [-0.25, -0.2) is 9.76 Å². The van der Waals surface area contributed by atoms with Crippen molar-refractivity contribution in [2.45, 2.75) is 19.8 Å². The number of alkyl halides is 1. The maximum Gasteiger partial charge on any atom is 0.340 e. The van der Waals surface area contributed by atoms with Crippen LogP contribution in [0, 0.1) is 0 Å². The largest absolute Gasteiger partial charge is 0.396 e. The number of aliphatic hydroxyl groups is 1. The van der Waals surface area contributed by atoms with E-state index in [2.05, 4.69) is 5.09 Å². The van der Waals surface area contributed by atoms with E-state index < -0.39 is 7.67 Å². The minimum Gasteiger partial charge on any atom is -0.396 e. The van der Waals surface area contributed by atoms with Crippen molar-refractivity contribution in [3.63, 3.8) is 0 Å². The molecule has 0 amide bonds. The van der Waals surface area contributed by atoms with Gasteiger partial charge in [0.1, 0.15) is 0 Å². The summed E-state index contributed by atoms with van der Waals surface area (Å²) in [4.78, 5) is 9.69. The van der Waals surface area contributed by atoms with Gasteiger partial charge in [0.15, 0.2) is 0 Å². The smallest absolute Gasteiger partial charge is 0.340 e. The Balaban J connectivity index is 4.22. The third kappa shape index (κ3) is 6.51. The van der Waals surface area contributed by atoms with Crippen molar-refractivity contribution in [2.24, 2.45) is 0 Å². The zero-order valence-corrected chi connectivity index (χ0v) is 10.7. The van der Waals surface area contributed by atoms with E-state index in [-0.39, 0.29) is 6.61 Å². The van der Waals surface area contributed by atoms with Gasteiger partial charge in [0.25, 0.3) is 0 Å². The van der Waals surface area contributed by atoms with Crippen LogP contribution >= 0.6 is 19.3 Å². The molecule has 0 bridgehead atoms. The molecule has 0 aromatic rings. The van der Waals surface area contributed by atoms with E-state index in [0.717, 1.165) is 6.42 Å². The maximum absolute atomic E-state index is 11.8. The normalized spacial score (nSPS) is 15.5. The minimum atomic E-state index is -3.48.